The number of nitrogens with zero attached hydrogens (tertiary/aromatic N) is 2. The second kappa shape index (κ2) is 6.52. The van der Waals surface area contributed by atoms with Crippen molar-refractivity contribution < 1.29 is 9.59 Å². The number of halogens is 1. The molecule has 2 amide bonds. The number of piperazine rings is 1. The number of anilines is 1. The van der Waals surface area contributed by atoms with E-state index in [1.165, 1.54) is 0 Å². The number of hydrogen-bond acceptors (Lipinski definition) is 2. The summed E-state index contributed by atoms with van der Waals surface area (Å²) in [5.41, 5.74) is 1.76. The van der Waals surface area contributed by atoms with E-state index < -0.39 is 6.04 Å². The maximum Gasteiger partial charge on any atom is 0.249 e. The van der Waals surface area contributed by atoms with Gasteiger partial charge >= 0.3 is 0 Å². The highest BCUT2D eigenvalue weighted by Gasteiger charge is 2.38. The van der Waals surface area contributed by atoms with Crippen LogP contribution in [0.1, 0.15) is 38.2 Å². The summed E-state index contributed by atoms with van der Waals surface area (Å²) in [6.07, 6.45) is 4.18. The molecule has 23 heavy (non-hydrogen) atoms. The van der Waals surface area contributed by atoms with Crippen molar-refractivity contribution in [2.45, 2.75) is 45.6 Å². The van der Waals surface area contributed by atoms with Crippen molar-refractivity contribution in [3.63, 3.8) is 0 Å². The molecule has 5 heteroatoms. The third-order valence-corrected chi connectivity index (χ3v) is 5.58. The average Bonchev–Trinajstić information content (AvgIpc) is 3.07. The molecular weight excluding hydrogens is 312 g/mol. The summed E-state index contributed by atoms with van der Waals surface area (Å²) >= 11 is 6.18. The molecule has 1 unspecified atom stereocenters. The summed E-state index contributed by atoms with van der Waals surface area (Å²) in [6, 6.07) is 5.20. The topological polar surface area (TPSA) is 40.6 Å². The van der Waals surface area contributed by atoms with Crippen LogP contribution in [0.2, 0.25) is 5.02 Å². The fraction of sp³-hybridized carbons (Fsp3) is 0.556. The van der Waals surface area contributed by atoms with Gasteiger partial charge in [-0.2, -0.15) is 0 Å². The van der Waals surface area contributed by atoms with Gasteiger partial charge in [0.2, 0.25) is 11.8 Å². The minimum Gasteiger partial charge on any atom is -0.329 e. The Bertz CT molecular complexity index is 625. The van der Waals surface area contributed by atoms with E-state index >= 15 is 0 Å². The largest absolute Gasteiger partial charge is 0.329 e. The van der Waals surface area contributed by atoms with Gasteiger partial charge in [-0.05, 0) is 44.4 Å². The van der Waals surface area contributed by atoms with Gasteiger partial charge in [-0.3, -0.25) is 9.59 Å². The molecule has 1 saturated heterocycles. The van der Waals surface area contributed by atoms with Crippen LogP contribution in [0.15, 0.2) is 18.2 Å². The van der Waals surface area contributed by atoms with E-state index in [4.69, 9.17) is 11.6 Å². The minimum atomic E-state index is -0.407. The van der Waals surface area contributed by atoms with Crippen LogP contribution >= 0.6 is 11.6 Å². The van der Waals surface area contributed by atoms with Gasteiger partial charge in [-0.1, -0.05) is 30.5 Å². The Morgan fingerprint density at radius 2 is 1.91 bits per heavy atom. The summed E-state index contributed by atoms with van der Waals surface area (Å²) in [7, 11) is 0. The van der Waals surface area contributed by atoms with E-state index in [2.05, 4.69) is 0 Å². The summed E-state index contributed by atoms with van der Waals surface area (Å²) in [6.45, 7) is 4.88. The lowest BCUT2D eigenvalue weighted by molar-refractivity contribution is -0.143. The Morgan fingerprint density at radius 3 is 2.61 bits per heavy atom. The van der Waals surface area contributed by atoms with Gasteiger partial charge in [0.25, 0.3) is 0 Å². The molecule has 1 atom stereocenters. The molecule has 0 bridgehead atoms. The first-order valence-electron chi connectivity index (χ1n) is 8.37. The molecule has 0 radical (unpaired) electrons. The van der Waals surface area contributed by atoms with Crippen LogP contribution in [0, 0.1) is 12.8 Å². The van der Waals surface area contributed by atoms with Gasteiger partial charge in [-0.25, -0.2) is 0 Å². The van der Waals surface area contributed by atoms with Gasteiger partial charge in [-0.15, -0.1) is 0 Å². The molecule has 1 saturated carbocycles. The number of amides is 2. The highest BCUT2D eigenvalue weighted by Crippen LogP contribution is 2.31. The molecule has 1 aliphatic carbocycles. The van der Waals surface area contributed by atoms with E-state index in [1.807, 2.05) is 32.0 Å². The zero-order valence-electron chi connectivity index (χ0n) is 13.7. The van der Waals surface area contributed by atoms with Crippen molar-refractivity contribution in [2.24, 2.45) is 5.92 Å². The van der Waals surface area contributed by atoms with Crippen molar-refractivity contribution in [3.05, 3.63) is 28.8 Å². The molecule has 1 aliphatic heterocycles. The first-order valence-corrected chi connectivity index (χ1v) is 8.75. The number of rotatable bonds is 2. The number of benzene rings is 1. The molecule has 2 aliphatic rings. The van der Waals surface area contributed by atoms with Crippen molar-refractivity contribution >= 4 is 29.1 Å². The molecule has 4 nitrogen and oxygen atoms in total. The Hall–Kier alpha value is -1.55. The van der Waals surface area contributed by atoms with Crippen LogP contribution in [0.25, 0.3) is 0 Å². The molecule has 1 heterocycles. The normalized spacial score (nSPS) is 22.7. The van der Waals surface area contributed by atoms with Crippen LogP contribution in [0.5, 0.6) is 0 Å². The SMILES string of the molecule is Cc1c(Cl)cccc1N1CCN(C(=O)C2CCCC2)C(C)C1=O. The van der Waals surface area contributed by atoms with Gasteiger partial charge in [0.15, 0.2) is 0 Å². The molecular formula is C18H23ClN2O2. The molecule has 0 spiro atoms. The first kappa shape index (κ1) is 16.3. The van der Waals surface area contributed by atoms with Gasteiger partial charge in [0.1, 0.15) is 6.04 Å². The number of hydrogen-bond donors (Lipinski definition) is 0. The molecule has 3 rings (SSSR count). The quantitative estimate of drug-likeness (QED) is 0.831. The second-order valence-electron chi connectivity index (χ2n) is 6.56. The van der Waals surface area contributed by atoms with Crippen LogP contribution in [0.4, 0.5) is 5.69 Å². The minimum absolute atomic E-state index is 0.0204. The lowest BCUT2D eigenvalue weighted by Crippen LogP contribution is -2.58. The second-order valence-corrected chi connectivity index (χ2v) is 6.97. The first-order chi connectivity index (χ1) is 11.0. The zero-order chi connectivity index (χ0) is 16.6. The third kappa shape index (κ3) is 2.97. The molecule has 124 valence electrons. The van der Waals surface area contributed by atoms with Crippen molar-refractivity contribution in [3.8, 4) is 0 Å². The predicted octanol–water partition coefficient (Wildman–Crippen LogP) is 3.40. The molecule has 0 N–H and O–H groups in total. The van der Waals surface area contributed by atoms with Gasteiger partial charge in [0, 0.05) is 29.7 Å². The lowest BCUT2D eigenvalue weighted by atomic mass is 10.0. The fourth-order valence-electron chi connectivity index (χ4n) is 3.71. The van der Waals surface area contributed by atoms with Crippen LogP contribution < -0.4 is 4.90 Å². The Balaban J connectivity index is 1.78. The highest BCUT2D eigenvalue weighted by molar-refractivity contribution is 6.31. The summed E-state index contributed by atoms with van der Waals surface area (Å²) < 4.78 is 0. The standard InChI is InChI=1S/C18H23ClN2O2/c1-12-15(19)8-5-9-16(12)21-11-10-20(13(2)17(21)22)18(23)14-6-3-4-7-14/h5,8-9,13-14H,3-4,6-7,10-11H2,1-2H3. The van der Waals surface area contributed by atoms with Crippen molar-refractivity contribution in [2.75, 3.05) is 18.0 Å². The van der Waals surface area contributed by atoms with Gasteiger partial charge < -0.3 is 9.80 Å². The number of carbonyl (C=O) groups is 2. The summed E-state index contributed by atoms with van der Waals surface area (Å²) in [5, 5.41) is 0.660. The third-order valence-electron chi connectivity index (χ3n) is 5.17. The fourth-order valence-corrected chi connectivity index (χ4v) is 3.88. The van der Waals surface area contributed by atoms with E-state index in [-0.39, 0.29) is 17.7 Å². The Labute approximate surface area is 142 Å². The van der Waals surface area contributed by atoms with E-state index in [9.17, 15) is 9.59 Å². The Morgan fingerprint density at radius 1 is 1.22 bits per heavy atom. The summed E-state index contributed by atoms with van der Waals surface area (Å²) in [5.74, 6) is 0.253. The predicted molar refractivity (Wildman–Crippen MR) is 91.7 cm³/mol. The summed E-state index contributed by atoms with van der Waals surface area (Å²) in [4.78, 5) is 29.0. The van der Waals surface area contributed by atoms with Crippen molar-refractivity contribution in [1.29, 1.82) is 0 Å². The molecule has 1 aromatic rings. The highest BCUT2D eigenvalue weighted by atomic mass is 35.5. The van der Waals surface area contributed by atoms with E-state index in [1.54, 1.807) is 9.80 Å². The van der Waals surface area contributed by atoms with Crippen LogP contribution in [-0.4, -0.2) is 35.8 Å². The monoisotopic (exact) mass is 334 g/mol. The molecule has 1 aromatic carbocycles. The van der Waals surface area contributed by atoms with Crippen molar-refractivity contribution in [1.82, 2.24) is 4.90 Å². The van der Waals surface area contributed by atoms with Crippen LogP contribution in [-0.2, 0) is 9.59 Å². The van der Waals surface area contributed by atoms with E-state index in [0.29, 0.717) is 18.1 Å². The average molecular weight is 335 g/mol. The van der Waals surface area contributed by atoms with Crippen LogP contribution in [0.3, 0.4) is 0 Å². The molecule has 2 fully saturated rings. The maximum atomic E-state index is 12.8. The smallest absolute Gasteiger partial charge is 0.249 e. The number of carbonyl (C=O) groups excluding carboxylic acids is 2. The van der Waals surface area contributed by atoms with E-state index in [0.717, 1.165) is 36.9 Å². The zero-order valence-corrected chi connectivity index (χ0v) is 14.5. The Kier molecular flexibility index (Phi) is 4.62. The van der Waals surface area contributed by atoms with Gasteiger partial charge in [0.05, 0.1) is 0 Å². The maximum absolute atomic E-state index is 12.8. The molecule has 0 aromatic heterocycles. The lowest BCUT2D eigenvalue weighted by Gasteiger charge is -2.40.